The maximum Gasteiger partial charge on any atom is 0.287 e. The third kappa shape index (κ3) is 3.50. The first-order valence-electron chi connectivity index (χ1n) is 8.53. The van der Waals surface area contributed by atoms with Crippen molar-refractivity contribution in [1.29, 1.82) is 0 Å². The van der Waals surface area contributed by atoms with Crippen molar-refractivity contribution in [2.45, 2.75) is 13.5 Å². The highest BCUT2D eigenvalue weighted by molar-refractivity contribution is 5.94. The smallest absolute Gasteiger partial charge is 0.287 e. The van der Waals surface area contributed by atoms with E-state index in [1.165, 1.54) is 6.92 Å². The normalized spacial score (nSPS) is 10.9. The number of carbonyl (C=O) groups excluding carboxylic acids is 2. The fraction of sp³-hybridized carbons (Fsp3) is 0.0952. The number of nitrogens with zero attached hydrogens (tertiary/aromatic N) is 1. The van der Waals surface area contributed by atoms with E-state index in [4.69, 9.17) is 4.42 Å². The van der Waals surface area contributed by atoms with E-state index in [-0.39, 0.29) is 24.0 Å². The van der Waals surface area contributed by atoms with Crippen LogP contribution >= 0.6 is 0 Å². The molecule has 0 atom stereocenters. The Balaban J connectivity index is 1.44. The van der Waals surface area contributed by atoms with Crippen LogP contribution in [-0.2, 0) is 6.54 Å². The number of imidazole rings is 1. The van der Waals surface area contributed by atoms with E-state index in [9.17, 15) is 9.59 Å². The number of nitrogens with one attached hydrogen (secondary N) is 2. The predicted octanol–water partition coefficient (Wildman–Crippen LogP) is 3.96. The summed E-state index contributed by atoms with van der Waals surface area (Å²) in [5.41, 5.74) is 3.22. The summed E-state index contributed by atoms with van der Waals surface area (Å²) in [7, 11) is 0. The highest BCUT2D eigenvalue weighted by Gasteiger charge is 2.13. The summed E-state index contributed by atoms with van der Waals surface area (Å²) in [4.78, 5) is 31.3. The molecule has 0 aliphatic carbocycles. The number of aromatic nitrogens is 2. The van der Waals surface area contributed by atoms with Gasteiger partial charge in [0.05, 0.1) is 17.6 Å². The molecule has 2 aromatic heterocycles. The topological polar surface area (TPSA) is 88.0 Å². The van der Waals surface area contributed by atoms with Gasteiger partial charge in [0.1, 0.15) is 11.6 Å². The third-order valence-electron chi connectivity index (χ3n) is 4.26. The lowest BCUT2D eigenvalue weighted by molar-refractivity contribution is 0.0922. The van der Waals surface area contributed by atoms with Crippen molar-refractivity contribution in [3.8, 4) is 11.3 Å². The summed E-state index contributed by atoms with van der Waals surface area (Å²) >= 11 is 0. The van der Waals surface area contributed by atoms with Gasteiger partial charge in [-0.05, 0) is 31.2 Å². The second kappa shape index (κ2) is 6.92. The Kier molecular flexibility index (Phi) is 4.30. The first kappa shape index (κ1) is 16.8. The number of para-hydroxylation sites is 2. The third-order valence-corrected chi connectivity index (χ3v) is 4.26. The summed E-state index contributed by atoms with van der Waals surface area (Å²) in [6.07, 6.45) is 0. The number of carbonyl (C=O) groups is 2. The Bertz CT molecular complexity index is 1090. The van der Waals surface area contributed by atoms with Crippen LogP contribution in [0.2, 0.25) is 0 Å². The minimum Gasteiger partial charge on any atom is -0.451 e. The molecule has 27 heavy (non-hydrogen) atoms. The molecule has 6 nitrogen and oxygen atoms in total. The van der Waals surface area contributed by atoms with Gasteiger partial charge in [0, 0.05) is 11.1 Å². The average Bonchev–Trinajstić information content (AvgIpc) is 3.33. The van der Waals surface area contributed by atoms with Crippen molar-refractivity contribution >= 4 is 22.7 Å². The molecule has 0 saturated heterocycles. The summed E-state index contributed by atoms with van der Waals surface area (Å²) < 4.78 is 5.65. The first-order valence-corrected chi connectivity index (χ1v) is 8.53. The Morgan fingerprint density at radius 1 is 1.04 bits per heavy atom. The Morgan fingerprint density at radius 2 is 1.81 bits per heavy atom. The van der Waals surface area contributed by atoms with Crippen LogP contribution in [0.1, 0.15) is 33.7 Å². The zero-order valence-electron chi connectivity index (χ0n) is 14.7. The summed E-state index contributed by atoms with van der Waals surface area (Å²) in [6.45, 7) is 1.79. The number of ketones is 1. The van der Waals surface area contributed by atoms with Crippen molar-refractivity contribution in [3.63, 3.8) is 0 Å². The van der Waals surface area contributed by atoms with E-state index in [0.717, 1.165) is 16.6 Å². The van der Waals surface area contributed by atoms with E-state index in [0.29, 0.717) is 17.1 Å². The van der Waals surface area contributed by atoms with Gasteiger partial charge in [0.25, 0.3) is 5.91 Å². The molecule has 6 heteroatoms. The molecule has 4 rings (SSSR count). The number of furan rings is 1. The van der Waals surface area contributed by atoms with Gasteiger partial charge in [0.2, 0.25) is 0 Å². The maximum absolute atomic E-state index is 12.3. The zero-order valence-corrected chi connectivity index (χ0v) is 14.7. The van der Waals surface area contributed by atoms with Crippen molar-refractivity contribution in [2.24, 2.45) is 0 Å². The molecule has 0 bridgehead atoms. The fourth-order valence-corrected chi connectivity index (χ4v) is 2.82. The predicted molar refractivity (Wildman–Crippen MR) is 101 cm³/mol. The molecule has 2 aromatic carbocycles. The summed E-state index contributed by atoms with van der Waals surface area (Å²) in [6, 6.07) is 18.1. The molecule has 4 aromatic rings. The standard InChI is InChI=1S/C21H17N3O3/c1-13(25)14-6-8-15(9-7-14)18-10-11-19(27-18)21(26)22-12-20-23-16-4-2-3-5-17(16)24-20/h2-11H,12H2,1H3,(H,22,26)(H,23,24). The molecule has 0 unspecified atom stereocenters. The van der Waals surface area contributed by atoms with Gasteiger partial charge < -0.3 is 14.7 Å². The van der Waals surface area contributed by atoms with Crippen molar-refractivity contribution in [3.05, 3.63) is 77.8 Å². The van der Waals surface area contributed by atoms with Crippen molar-refractivity contribution in [2.75, 3.05) is 0 Å². The number of rotatable bonds is 5. The molecule has 0 saturated carbocycles. The molecular formula is C21H17N3O3. The number of H-pyrrole nitrogens is 1. The zero-order chi connectivity index (χ0) is 18.8. The lowest BCUT2D eigenvalue weighted by Gasteiger charge is -2.01. The van der Waals surface area contributed by atoms with Crippen LogP contribution in [0.4, 0.5) is 0 Å². The molecule has 134 valence electrons. The van der Waals surface area contributed by atoms with Crippen LogP contribution in [-0.4, -0.2) is 21.7 Å². The second-order valence-electron chi connectivity index (χ2n) is 6.18. The van der Waals surface area contributed by atoms with E-state index >= 15 is 0 Å². The van der Waals surface area contributed by atoms with E-state index in [2.05, 4.69) is 15.3 Å². The quantitative estimate of drug-likeness (QED) is 0.528. The molecule has 0 spiro atoms. The van der Waals surface area contributed by atoms with Crippen LogP contribution in [0.5, 0.6) is 0 Å². The minimum absolute atomic E-state index is 0.00616. The number of amides is 1. The minimum atomic E-state index is -0.318. The molecule has 0 radical (unpaired) electrons. The molecule has 0 fully saturated rings. The lowest BCUT2D eigenvalue weighted by atomic mass is 10.1. The maximum atomic E-state index is 12.3. The lowest BCUT2D eigenvalue weighted by Crippen LogP contribution is -2.22. The van der Waals surface area contributed by atoms with E-state index in [1.807, 2.05) is 24.3 Å². The summed E-state index contributed by atoms with van der Waals surface area (Å²) in [5.74, 6) is 1.15. The van der Waals surface area contributed by atoms with Gasteiger partial charge in [-0.2, -0.15) is 0 Å². The number of hydrogen-bond acceptors (Lipinski definition) is 4. The Labute approximate surface area is 155 Å². The molecule has 2 heterocycles. The van der Waals surface area contributed by atoms with Crippen LogP contribution in [0, 0.1) is 0 Å². The van der Waals surface area contributed by atoms with Gasteiger partial charge in [-0.3, -0.25) is 9.59 Å². The molecule has 1 amide bonds. The van der Waals surface area contributed by atoms with Gasteiger partial charge in [0.15, 0.2) is 11.5 Å². The van der Waals surface area contributed by atoms with Gasteiger partial charge in [-0.25, -0.2) is 4.98 Å². The van der Waals surface area contributed by atoms with Crippen LogP contribution < -0.4 is 5.32 Å². The van der Waals surface area contributed by atoms with Crippen LogP contribution in [0.3, 0.4) is 0 Å². The SMILES string of the molecule is CC(=O)c1ccc(-c2ccc(C(=O)NCc3nc4ccccc4[nH]3)o2)cc1. The number of benzene rings is 2. The average molecular weight is 359 g/mol. The number of aromatic amines is 1. The molecule has 0 aliphatic heterocycles. The van der Waals surface area contributed by atoms with Gasteiger partial charge in [-0.1, -0.05) is 36.4 Å². The van der Waals surface area contributed by atoms with Gasteiger partial charge >= 0.3 is 0 Å². The number of hydrogen-bond donors (Lipinski definition) is 2. The second-order valence-corrected chi connectivity index (χ2v) is 6.18. The highest BCUT2D eigenvalue weighted by atomic mass is 16.3. The van der Waals surface area contributed by atoms with Gasteiger partial charge in [-0.15, -0.1) is 0 Å². The first-order chi connectivity index (χ1) is 13.1. The highest BCUT2D eigenvalue weighted by Crippen LogP contribution is 2.23. The largest absolute Gasteiger partial charge is 0.451 e. The van der Waals surface area contributed by atoms with Crippen molar-refractivity contribution < 1.29 is 14.0 Å². The van der Waals surface area contributed by atoms with Crippen LogP contribution in [0.15, 0.2) is 65.1 Å². The number of Topliss-reactive ketones (excluding diaryl/α,β-unsaturated/α-hetero) is 1. The molecule has 2 N–H and O–H groups in total. The monoisotopic (exact) mass is 359 g/mol. The number of fused-ring (bicyclic) bond motifs is 1. The summed E-state index contributed by atoms with van der Waals surface area (Å²) in [5, 5.41) is 2.79. The molecular weight excluding hydrogens is 342 g/mol. The van der Waals surface area contributed by atoms with E-state index in [1.54, 1.807) is 36.4 Å². The Hall–Kier alpha value is -3.67. The van der Waals surface area contributed by atoms with E-state index < -0.39 is 0 Å². The van der Waals surface area contributed by atoms with Crippen molar-refractivity contribution in [1.82, 2.24) is 15.3 Å². The fourth-order valence-electron chi connectivity index (χ4n) is 2.82. The van der Waals surface area contributed by atoms with Crippen LogP contribution in [0.25, 0.3) is 22.4 Å². The Morgan fingerprint density at radius 3 is 2.56 bits per heavy atom. The molecule has 0 aliphatic rings.